The average Bonchev–Trinajstić information content (AvgIpc) is 2.69. The lowest BCUT2D eigenvalue weighted by Crippen LogP contribution is -2.54. The highest BCUT2D eigenvalue weighted by Crippen LogP contribution is 2.36. The van der Waals surface area contributed by atoms with Crippen molar-refractivity contribution in [3.8, 4) is 11.5 Å². The Bertz CT molecular complexity index is 1060. The van der Waals surface area contributed by atoms with Crippen LogP contribution in [0.15, 0.2) is 42.0 Å². The number of halogens is 1. The third-order valence-corrected chi connectivity index (χ3v) is 5.19. The normalized spacial score (nSPS) is 15.5. The summed E-state index contributed by atoms with van der Waals surface area (Å²) in [5.41, 5.74) is 1.82. The van der Waals surface area contributed by atoms with E-state index in [4.69, 9.17) is 9.47 Å². The van der Waals surface area contributed by atoms with E-state index in [1.165, 1.54) is 6.08 Å². The summed E-state index contributed by atoms with van der Waals surface area (Å²) < 4.78 is 12.4. The molecule has 0 aliphatic carbocycles. The molecule has 1 saturated heterocycles. The number of nitrogens with zero attached hydrogens (tertiary/aromatic N) is 1. The SMILES string of the molecule is CCOc1cc(/C=C2\C(=O)NC(=O)N(c3ccc(C)cc3)C2=O)cc(I)c1OC(C)C. The van der Waals surface area contributed by atoms with Crippen molar-refractivity contribution in [3.05, 3.63) is 56.7 Å². The zero-order valence-electron chi connectivity index (χ0n) is 17.7. The molecule has 0 atom stereocenters. The molecular weight excluding hydrogens is 511 g/mol. The van der Waals surface area contributed by atoms with E-state index < -0.39 is 17.8 Å². The molecule has 1 aliphatic heterocycles. The number of aryl methyl sites for hydroxylation is 1. The Morgan fingerprint density at radius 1 is 1.13 bits per heavy atom. The highest BCUT2D eigenvalue weighted by Gasteiger charge is 2.36. The number of imide groups is 2. The molecule has 1 fully saturated rings. The van der Waals surface area contributed by atoms with Crippen molar-refractivity contribution in [2.45, 2.75) is 33.8 Å². The maximum atomic E-state index is 13.1. The van der Waals surface area contributed by atoms with Crippen LogP contribution < -0.4 is 19.7 Å². The summed E-state index contributed by atoms with van der Waals surface area (Å²) in [5, 5.41) is 2.24. The monoisotopic (exact) mass is 534 g/mol. The van der Waals surface area contributed by atoms with Crippen molar-refractivity contribution >= 4 is 52.2 Å². The number of hydrogen-bond acceptors (Lipinski definition) is 5. The lowest BCUT2D eigenvalue weighted by Gasteiger charge is -2.26. The van der Waals surface area contributed by atoms with Crippen molar-refractivity contribution in [2.75, 3.05) is 11.5 Å². The number of nitrogens with one attached hydrogen (secondary N) is 1. The highest BCUT2D eigenvalue weighted by molar-refractivity contribution is 14.1. The number of barbiturate groups is 1. The summed E-state index contributed by atoms with van der Waals surface area (Å²) >= 11 is 2.12. The molecule has 1 aliphatic rings. The minimum Gasteiger partial charge on any atom is -0.490 e. The summed E-state index contributed by atoms with van der Waals surface area (Å²) in [4.78, 5) is 38.8. The van der Waals surface area contributed by atoms with E-state index in [-0.39, 0.29) is 11.7 Å². The molecule has 0 saturated carbocycles. The first-order valence-electron chi connectivity index (χ1n) is 9.82. The smallest absolute Gasteiger partial charge is 0.335 e. The minimum atomic E-state index is -0.777. The van der Waals surface area contributed by atoms with Crippen molar-refractivity contribution in [3.63, 3.8) is 0 Å². The molecule has 162 valence electrons. The number of urea groups is 1. The molecular formula is C23H23IN2O5. The molecule has 0 unspecified atom stereocenters. The van der Waals surface area contributed by atoms with Crippen LogP contribution in [0.25, 0.3) is 6.08 Å². The molecule has 0 aromatic heterocycles. The average molecular weight is 534 g/mol. The summed E-state index contributed by atoms with van der Waals surface area (Å²) in [6, 6.07) is 9.63. The van der Waals surface area contributed by atoms with Crippen LogP contribution in [0.3, 0.4) is 0 Å². The van der Waals surface area contributed by atoms with E-state index in [0.717, 1.165) is 14.0 Å². The Morgan fingerprint density at radius 2 is 1.81 bits per heavy atom. The molecule has 4 amide bonds. The fraction of sp³-hybridized carbons (Fsp3) is 0.261. The molecule has 1 N–H and O–H groups in total. The highest BCUT2D eigenvalue weighted by atomic mass is 127. The van der Waals surface area contributed by atoms with Gasteiger partial charge in [0.1, 0.15) is 5.57 Å². The van der Waals surface area contributed by atoms with Crippen LogP contribution in [0.1, 0.15) is 31.9 Å². The van der Waals surface area contributed by atoms with Gasteiger partial charge in [-0.2, -0.15) is 0 Å². The van der Waals surface area contributed by atoms with Crippen molar-refractivity contribution in [1.29, 1.82) is 0 Å². The Balaban J connectivity index is 2.02. The fourth-order valence-electron chi connectivity index (χ4n) is 3.04. The quantitative estimate of drug-likeness (QED) is 0.337. The van der Waals surface area contributed by atoms with Gasteiger partial charge >= 0.3 is 6.03 Å². The second-order valence-corrected chi connectivity index (χ2v) is 8.39. The number of rotatable bonds is 6. The number of amides is 4. The van der Waals surface area contributed by atoms with E-state index in [0.29, 0.717) is 29.4 Å². The van der Waals surface area contributed by atoms with Gasteiger partial charge in [0.25, 0.3) is 11.8 Å². The first-order chi connectivity index (χ1) is 14.7. The first-order valence-corrected chi connectivity index (χ1v) is 10.9. The van der Waals surface area contributed by atoms with Crippen LogP contribution in [0.2, 0.25) is 0 Å². The van der Waals surface area contributed by atoms with E-state index in [9.17, 15) is 14.4 Å². The lowest BCUT2D eigenvalue weighted by atomic mass is 10.1. The van der Waals surface area contributed by atoms with E-state index in [1.807, 2.05) is 27.7 Å². The predicted octanol–water partition coefficient (Wildman–Crippen LogP) is 4.45. The van der Waals surface area contributed by atoms with E-state index >= 15 is 0 Å². The third-order valence-electron chi connectivity index (χ3n) is 4.39. The molecule has 7 nitrogen and oxygen atoms in total. The Kier molecular flexibility index (Phi) is 6.99. The van der Waals surface area contributed by atoms with Gasteiger partial charge < -0.3 is 9.47 Å². The summed E-state index contributed by atoms with van der Waals surface area (Å²) in [5.74, 6) is -0.303. The van der Waals surface area contributed by atoms with Gasteiger partial charge in [-0.15, -0.1) is 0 Å². The molecule has 0 bridgehead atoms. The van der Waals surface area contributed by atoms with Crippen LogP contribution in [0.5, 0.6) is 11.5 Å². The summed E-state index contributed by atoms with van der Waals surface area (Å²) in [7, 11) is 0. The topological polar surface area (TPSA) is 84.9 Å². The van der Waals surface area contributed by atoms with Gasteiger partial charge in [-0.25, -0.2) is 9.69 Å². The molecule has 0 radical (unpaired) electrons. The minimum absolute atomic E-state index is 0.0447. The molecule has 31 heavy (non-hydrogen) atoms. The lowest BCUT2D eigenvalue weighted by molar-refractivity contribution is -0.122. The Morgan fingerprint density at radius 3 is 2.42 bits per heavy atom. The number of benzene rings is 2. The standard InChI is InChI=1S/C23H23IN2O5/c1-5-30-19-12-15(11-18(24)20(19)31-13(2)3)10-17-21(27)25-23(29)26(22(17)28)16-8-6-14(4)7-9-16/h6-13H,5H2,1-4H3,(H,25,27,29)/b17-10+. The maximum Gasteiger partial charge on any atom is 0.335 e. The van der Waals surface area contributed by atoms with Crippen molar-refractivity contribution < 1.29 is 23.9 Å². The van der Waals surface area contributed by atoms with Gasteiger partial charge in [-0.3, -0.25) is 14.9 Å². The first kappa shape index (κ1) is 22.8. The largest absolute Gasteiger partial charge is 0.490 e. The van der Waals surface area contributed by atoms with Gasteiger partial charge in [0, 0.05) is 0 Å². The van der Waals surface area contributed by atoms with E-state index in [2.05, 4.69) is 27.9 Å². The number of anilines is 1. The summed E-state index contributed by atoms with van der Waals surface area (Å²) in [6.45, 7) is 8.04. The summed E-state index contributed by atoms with van der Waals surface area (Å²) in [6.07, 6.45) is 1.41. The van der Waals surface area contributed by atoms with Crippen LogP contribution in [-0.4, -0.2) is 30.6 Å². The Hall–Kier alpha value is -2.88. The maximum absolute atomic E-state index is 13.1. The van der Waals surface area contributed by atoms with Gasteiger partial charge in [0.05, 0.1) is 22.0 Å². The molecule has 8 heteroatoms. The van der Waals surface area contributed by atoms with Crippen LogP contribution >= 0.6 is 22.6 Å². The second-order valence-electron chi connectivity index (χ2n) is 7.22. The molecule has 2 aromatic rings. The molecule has 0 spiro atoms. The molecule has 1 heterocycles. The molecule has 2 aromatic carbocycles. The number of carbonyl (C=O) groups is 3. The number of ether oxygens (including phenoxy) is 2. The van der Waals surface area contributed by atoms with Gasteiger partial charge in [-0.1, -0.05) is 17.7 Å². The second kappa shape index (κ2) is 9.51. The van der Waals surface area contributed by atoms with Crippen molar-refractivity contribution in [2.24, 2.45) is 0 Å². The zero-order valence-corrected chi connectivity index (χ0v) is 19.8. The van der Waals surface area contributed by atoms with Gasteiger partial charge in [-0.05, 0) is 86.2 Å². The van der Waals surface area contributed by atoms with E-state index in [1.54, 1.807) is 36.4 Å². The van der Waals surface area contributed by atoms with Crippen LogP contribution in [0.4, 0.5) is 10.5 Å². The predicted molar refractivity (Wildman–Crippen MR) is 126 cm³/mol. The number of hydrogen-bond donors (Lipinski definition) is 1. The van der Waals surface area contributed by atoms with Gasteiger partial charge in [0.15, 0.2) is 11.5 Å². The third kappa shape index (κ3) is 5.07. The van der Waals surface area contributed by atoms with Crippen molar-refractivity contribution in [1.82, 2.24) is 5.32 Å². The Labute approximate surface area is 194 Å². The molecule has 3 rings (SSSR count). The fourth-order valence-corrected chi connectivity index (χ4v) is 3.79. The van der Waals surface area contributed by atoms with Gasteiger partial charge in [0.2, 0.25) is 0 Å². The number of carbonyl (C=O) groups excluding carboxylic acids is 3. The van der Waals surface area contributed by atoms with Crippen LogP contribution in [-0.2, 0) is 9.59 Å². The zero-order chi connectivity index (χ0) is 22.7. The van der Waals surface area contributed by atoms with Crippen LogP contribution in [0, 0.1) is 10.5 Å².